The van der Waals surface area contributed by atoms with Crippen LogP contribution in [0, 0.1) is 6.92 Å². The predicted molar refractivity (Wildman–Crippen MR) is 78.5 cm³/mol. The monoisotopic (exact) mass is 272 g/mol. The van der Waals surface area contributed by atoms with Crippen LogP contribution in [0.25, 0.3) is 0 Å². The van der Waals surface area contributed by atoms with Gasteiger partial charge >= 0.3 is 0 Å². The van der Waals surface area contributed by atoms with E-state index >= 15 is 0 Å². The quantitative estimate of drug-likeness (QED) is 0.783. The van der Waals surface area contributed by atoms with Crippen LogP contribution < -0.4 is 5.32 Å². The molecule has 0 spiro atoms. The SMILES string of the molecule is Cc1[nH]ccc1C(=O)NC(C)CC(O)c1ccccc1. The van der Waals surface area contributed by atoms with Gasteiger partial charge in [-0.25, -0.2) is 0 Å². The van der Waals surface area contributed by atoms with Crippen LogP contribution >= 0.6 is 0 Å². The highest BCUT2D eigenvalue weighted by Gasteiger charge is 2.16. The van der Waals surface area contributed by atoms with Crippen LogP contribution in [-0.2, 0) is 0 Å². The van der Waals surface area contributed by atoms with Gasteiger partial charge in [0.15, 0.2) is 0 Å². The number of amides is 1. The van der Waals surface area contributed by atoms with E-state index in [-0.39, 0.29) is 11.9 Å². The fourth-order valence-corrected chi connectivity index (χ4v) is 2.21. The summed E-state index contributed by atoms with van der Waals surface area (Å²) < 4.78 is 0. The molecule has 106 valence electrons. The zero-order chi connectivity index (χ0) is 14.5. The van der Waals surface area contributed by atoms with Crippen molar-refractivity contribution in [3.8, 4) is 0 Å². The van der Waals surface area contributed by atoms with E-state index in [1.165, 1.54) is 0 Å². The van der Waals surface area contributed by atoms with Gasteiger partial charge in [0.1, 0.15) is 0 Å². The summed E-state index contributed by atoms with van der Waals surface area (Å²) in [5.41, 5.74) is 2.36. The van der Waals surface area contributed by atoms with Crippen LogP contribution in [0.5, 0.6) is 0 Å². The second-order valence-corrected chi connectivity index (χ2v) is 5.05. The van der Waals surface area contributed by atoms with Gasteiger partial charge in [-0.15, -0.1) is 0 Å². The number of aromatic amines is 1. The normalized spacial score (nSPS) is 13.8. The van der Waals surface area contributed by atoms with E-state index in [2.05, 4.69) is 10.3 Å². The number of carbonyl (C=O) groups is 1. The van der Waals surface area contributed by atoms with Gasteiger partial charge in [0, 0.05) is 17.9 Å². The van der Waals surface area contributed by atoms with Gasteiger partial charge in [0.25, 0.3) is 5.91 Å². The summed E-state index contributed by atoms with van der Waals surface area (Å²) in [6, 6.07) is 11.1. The summed E-state index contributed by atoms with van der Waals surface area (Å²) in [5, 5.41) is 13.0. The Kier molecular flexibility index (Phi) is 4.58. The fourth-order valence-electron chi connectivity index (χ4n) is 2.21. The third-order valence-corrected chi connectivity index (χ3v) is 3.34. The Morgan fingerprint density at radius 3 is 2.60 bits per heavy atom. The molecule has 4 nitrogen and oxygen atoms in total. The number of nitrogens with one attached hydrogen (secondary N) is 2. The first-order chi connectivity index (χ1) is 9.58. The molecule has 1 aromatic carbocycles. The summed E-state index contributed by atoms with van der Waals surface area (Å²) in [6.45, 7) is 3.75. The first kappa shape index (κ1) is 14.3. The summed E-state index contributed by atoms with van der Waals surface area (Å²) in [4.78, 5) is 15.0. The van der Waals surface area contributed by atoms with Crippen LogP contribution in [0.1, 0.15) is 41.1 Å². The third kappa shape index (κ3) is 3.48. The summed E-state index contributed by atoms with van der Waals surface area (Å²) in [5.74, 6) is -0.114. The molecule has 1 aromatic heterocycles. The molecule has 2 unspecified atom stereocenters. The van der Waals surface area contributed by atoms with Crippen LogP contribution in [0.3, 0.4) is 0 Å². The van der Waals surface area contributed by atoms with E-state index in [0.29, 0.717) is 12.0 Å². The molecule has 0 saturated heterocycles. The minimum Gasteiger partial charge on any atom is -0.388 e. The number of rotatable bonds is 5. The Morgan fingerprint density at radius 2 is 2.00 bits per heavy atom. The van der Waals surface area contributed by atoms with Gasteiger partial charge in [-0.3, -0.25) is 4.79 Å². The first-order valence-electron chi connectivity index (χ1n) is 6.75. The average molecular weight is 272 g/mol. The van der Waals surface area contributed by atoms with Crippen LogP contribution in [-0.4, -0.2) is 22.0 Å². The molecule has 0 bridgehead atoms. The van der Waals surface area contributed by atoms with Gasteiger partial charge in [-0.1, -0.05) is 30.3 Å². The number of aromatic nitrogens is 1. The molecule has 1 amide bonds. The predicted octanol–water partition coefficient (Wildman–Crippen LogP) is 2.57. The van der Waals surface area contributed by atoms with Gasteiger partial charge < -0.3 is 15.4 Å². The highest BCUT2D eigenvalue weighted by atomic mass is 16.3. The van der Waals surface area contributed by atoms with Crippen molar-refractivity contribution in [1.82, 2.24) is 10.3 Å². The topological polar surface area (TPSA) is 65.1 Å². The van der Waals surface area contributed by atoms with Gasteiger partial charge in [-0.2, -0.15) is 0 Å². The van der Waals surface area contributed by atoms with Crippen molar-refractivity contribution in [2.45, 2.75) is 32.4 Å². The van der Waals surface area contributed by atoms with Gasteiger partial charge in [0.05, 0.1) is 11.7 Å². The van der Waals surface area contributed by atoms with E-state index in [9.17, 15) is 9.90 Å². The molecule has 0 radical (unpaired) electrons. The van der Waals surface area contributed by atoms with Gasteiger partial charge in [-0.05, 0) is 31.9 Å². The number of aryl methyl sites for hydroxylation is 1. The minimum absolute atomic E-state index is 0.105. The fraction of sp³-hybridized carbons (Fsp3) is 0.312. The lowest BCUT2D eigenvalue weighted by molar-refractivity contribution is 0.0916. The molecule has 1 heterocycles. The van der Waals surface area contributed by atoms with Crippen molar-refractivity contribution < 1.29 is 9.90 Å². The van der Waals surface area contributed by atoms with Crippen molar-refractivity contribution >= 4 is 5.91 Å². The van der Waals surface area contributed by atoms with E-state index < -0.39 is 6.10 Å². The molecule has 4 heteroatoms. The maximum Gasteiger partial charge on any atom is 0.253 e. The lowest BCUT2D eigenvalue weighted by Crippen LogP contribution is -2.33. The molecule has 2 aromatic rings. The number of aliphatic hydroxyl groups is 1. The minimum atomic E-state index is -0.571. The molecule has 0 aliphatic heterocycles. The maximum absolute atomic E-state index is 12.0. The summed E-state index contributed by atoms with van der Waals surface area (Å²) in [7, 11) is 0. The Balaban J connectivity index is 1.91. The molecule has 0 aliphatic rings. The molecule has 0 saturated carbocycles. The van der Waals surface area contributed by atoms with Crippen molar-refractivity contribution in [3.05, 3.63) is 59.4 Å². The zero-order valence-corrected chi connectivity index (χ0v) is 11.8. The van der Waals surface area contributed by atoms with E-state index in [4.69, 9.17) is 0 Å². The lowest BCUT2D eigenvalue weighted by Gasteiger charge is -2.18. The number of hydrogen-bond acceptors (Lipinski definition) is 2. The highest BCUT2D eigenvalue weighted by molar-refractivity contribution is 5.95. The van der Waals surface area contributed by atoms with Crippen LogP contribution in [0.2, 0.25) is 0 Å². The van der Waals surface area contributed by atoms with Crippen molar-refractivity contribution in [3.63, 3.8) is 0 Å². The number of carbonyl (C=O) groups excluding carboxylic acids is 1. The van der Waals surface area contributed by atoms with Gasteiger partial charge in [0.2, 0.25) is 0 Å². The molecular weight excluding hydrogens is 252 g/mol. The average Bonchev–Trinajstić information content (AvgIpc) is 2.86. The zero-order valence-electron chi connectivity index (χ0n) is 11.8. The largest absolute Gasteiger partial charge is 0.388 e. The van der Waals surface area contributed by atoms with E-state index in [1.54, 1.807) is 12.3 Å². The Labute approximate surface area is 118 Å². The Bertz CT molecular complexity index is 563. The van der Waals surface area contributed by atoms with Crippen molar-refractivity contribution in [2.24, 2.45) is 0 Å². The molecular formula is C16H20N2O2. The standard InChI is InChI=1S/C16H20N2O2/c1-11(10-15(19)13-6-4-3-5-7-13)18-16(20)14-8-9-17-12(14)2/h3-9,11,15,17,19H,10H2,1-2H3,(H,18,20). The summed E-state index contributed by atoms with van der Waals surface area (Å²) in [6.07, 6.45) is 1.66. The number of aliphatic hydroxyl groups excluding tert-OH is 1. The highest BCUT2D eigenvalue weighted by Crippen LogP contribution is 2.18. The van der Waals surface area contributed by atoms with Crippen molar-refractivity contribution in [2.75, 3.05) is 0 Å². The Morgan fingerprint density at radius 1 is 1.30 bits per heavy atom. The van der Waals surface area contributed by atoms with Crippen LogP contribution in [0.15, 0.2) is 42.6 Å². The molecule has 2 rings (SSSR count). The maximum atomic E-state index is 12.0. The van der Waals surface area contributed by atoms with E-state index in [0.717, 1.165) is 11.3 Å². The third-order valence-electron chi connectivity index (χ3n) is 3.34. The lowest BCUT2D eigenvalue weighted by atomic mass is 10.0. The van der Waals surface area contributed by atoms with E-state index in [1.807, 2.05) is 44.2 Å². The van der Waals surface area contributed by atoms with Crippen molar-refractivity contribution in [1.29, 1.82) is 0 Å². The molecule has 0 aliphatic carbocycles. The molecule has 3 N–H and O–H groups in total. The molecule has 2 atom stereocenters. The smallest absolute Gasteiger partial charge is 0.253 e. The van der Waals surface area contributed by atoms with Crippen LogP contribution in [0.4, 0.5) is 0 Å². The Hall–Kier alpha value is -2.07. The second kappa shape index (κ2) is 6.39. The molecule has 20 heavy (non-hydrogen) atoms. The number of benzene rings is 1. The summed E-state index contributed by atoms with van der Waals surface area (Å²) >= 11 is 0. The number of hydrogen-bond donors (Lipinski definition) is 3. The second-order valence-electron chi connectivity index (χ2n) is 5.05. The first-order valence-corrected chi connectivity index (χ1v) is 6.75. The molecule has 0 fully saturated rings. The number of H-pyrrole nitrogens is 1.